The topological polar surface area (TPSA) is 146 Å². The Morgan fingerprint density at radius 1 is 0.962 bits per heavy atom. The van der Waals surface area contributed by atoms with Gasteiger partial charge in [-0.15, -0.1) is 0 Å². The molecule has 2 aliphatic heterocycles. The maximum absolute atomic E-state index is 13.9. The molecule has 1 aromatic heterocycles. The lowest BCUT2D eigenvalue weighted by molar-refractivity contribution is -0.166. The molecule has 0 spiro atoms. The fourth-order valence-corrected chi connectivity index (χ4v) is 6.91. The number of halogens is 1. The number of benzene rings is 3. The van der Waals surface area contributed by atoms with E-state index < -0.39 is 29.9 Å². The molecule has 0 saturated carbocycles. The zero-order valence-electron chi connectivity index (χ0n) is 29.1. The molecule has 2 N–H and O–H groups in total. The number of carbonyl (C=O) groups is 4. The van der Waals surface area contributed by atoms with Crippen molar-refractivity contribution in [3.8, 4) is 0 Å². The molecule has 0 unspecified atom stereocenters. The van der Waals surface area contributed by atoms with E-state index >= 15 is 0 Å². The lowest BCUT2D eigenvalue weighted by atomic mass is 9.81. The summed E-state index contributed by atoms with van der Waals surface area (Å²) in [5.41, 5.74) is 3.48. The Kier molecular flexibility index (Phi) is 11.5. The van der Waals surface area contributed by atoms with Crippen molar-refractivity contribution in [1.82, 2.24) is 4.57 Å². The predicted molar refractivity (Wildman–Crippen MR) is 195 cm³/mol. The maximum atomic E-state index is 13.9. The molecule has 4 aromatic rings. The van der Waals surface area contributed by atoms with Crippen molar-refractivity contribution in [2.24, 2.45) is 5.92 Å². The maximum Gasteiger partial charge on any atom is 0.290 e. The molecule has 12 nitrogen and oxygen atoms in total. The molecule has 3 aromatic carbocycles. The van der Waals surface area contributed by atoms with Crippen LogP contribution < -0.4 is 10.2 Å². The van der Waals surface area contributed by atoms with E-state index in [4.69, 9.17) is 35.7 Å². The standard InChI is InChI=1S/C39H40ClN3O9/c1-4-51-39-29(13-15-49-17-18-50-16-14-44)30(32-22-42(24(3)45)34-8-6-5-7-27(32)34)21-35(52-39)36(46)41-26-10-12-33(23(2)19-26)43-37(47)28-11-9-25(40)20-31(28)38(43)48/h5-12,19-22,29-30,39,44H,4,13-18H2,1-3H3,(H,41,46)/t29-,30-,39+/m1/s1. The lowest BCUT2D eigenvalue weighted by Crippen LogP contribution is -2.38. The Hall–Kier alpha value is -4.85. The van der Waals surface area contributed by atoms with Gasteiger partial charge in [-0.1, -0.05) is 29.8 Å². The van der Waals surface area contributed by atoms with Crippen LogP contribution in [-0.4, -0.2) is 79.2 Å². The van der Waals surface area contributed by atoms with Gasteiger partial charge in [0, 0.05) is 54.3 Å². The molecule has 0 radical (unpaired) electrons. The van der Waals surface area contributed by atoms with E-state index in [0.717, 1.165) is 21.4 Å². The molecular weight excluding hydrogens is 690 g/mol. The summed E-state index contributed by atoms with van der Waals surface area (Å²) in [5, 5.41) is 13.1. The van der Waals surface area contributed by atoms with Crippen LogP contribution in [0.25, 0.3) is 10.9 Å². The second kappa shape index (κ2) is 16.2. The van der Waals surface area contributed by atoms with Crippen molar-refractivity contribution in [3.63, 3.8) is 0 Å². The van der Waals surface area contributed by atoms with Gasteiger partial charge in [0.05, 0.1) is 48.8 Å². The number of fused-ring (bicyclic) bond motifs is 2. The summed E-state index contributed by atoms with van der Waals surface area (Å²) in [5.74, 6) is -2.26. The third-order valence-electron chi connectivity index (χ3n) is 9.13. The summed E-state index contributed by atoms with van der Waals surface area (Å²) in [4.78, 5) is 54.0. The van der Waals surface area contributed by atoms with E-state index in [1.54, 1.807) is 41.8 Å². The molecule has 0 aliphatic carbocycles. The molecule has 3 heterocycles. The molecular formula is C39H40ClN3O9. The fraction of sp³-hybridized carbons (Fsp3) is 0.333. The highest BCUT2D eigenvalue weighted by Crippen LogP contribution is 2.42. The van der Waals surface area contributed by atoms with Gasteiger partial charge in [-0.05, 0) is 79.9 Å². The first-order valence-corrected chi connectivity index (χ1v) is 17.5. The van der Waals surface area contributed by atoms with Crippen molar-refractivity contribution in [3.05, 3.63) is 106 Å². The SMILES string of the molecule is CCO[C@H]1OC(C(=O)Nc2ccc(N3C(=O)c4ccc(Cl)cc4C3=O)c(C)c2)=C[C@@H](c2cn(C(C)=O)c3ccccc23)[C@H]1CCOCCOCCO. The number of nitrogens with zero attached hydrogens (tertiary/aromatic N) is 2. The predicted octanol–water partition coefficient (Wildman–Crippen LogP) is 6.09. The van der Waals surface area contributed by atoms with Crippen LogP contribution in [0.5, 0.6) is 0 Å². The van der Waals surface area contributed by atoms with E-state index in [9.17, 15) is 19.2 Å². The van der Waals surface area contributed by atoms with Crippen molar-refractivity contribution in [2.75, 3.05) is 49.9 Å². The minimum atomic E-state index is -0.819. The summed E-state index contributed by atoms with van der Waals surface area (Å²) in [7, 11) is 0. The zero-order chi connectivity index (χ0) is 36.9. The van der Waals surface area contributed by atoms with Crippen molar-refractivity contribution in [2.45, 2.75) is 39.4 Å². The summed E-state index contributed by atoms with van der Waals surface area (Å²) >= 11 is 6.08. The van der Waals surface area contributed by atoms with Gasteiger partial charge in [0.15, 0.2) is 5.76 Å². The molecule has 0 fully saturated rings. The van der Waals surface area contributed by atoms with Gasteiger partial charge >= 0.3 is 0 Å². The number of hydrogen-bond donors (Lipinski definition) is 2. The average molecular weight is 730 g/mol. The molecule has 13 heteroatoms. The number of allylic oxidation sites excluding steroid dienone is 1. The second-order valence-corrected chi connectivity index (χ2v) is 12.9. The smallest absolute Gasteiger partial charge is 0.290 e. The highest BCUT2D eigenvalue weighted by molar-refractivity contribution is 6.37. The first kappa shape index (κ1) is 36.9. The van der Waals surface area contributed by atoms with Gasteiger partial charge in [-0.3, -0.25) is 23.7 Å². The van der Waals surface area contributed by atoms with Gasteiger partial charge in [0.1, 0.15) is 0 Å². The first-order chi connectivity index (χ1) is 25.1. The molecule has 6 rings (SSSR count). The highest BCUT2D eigenvalue weighted by Gasteiger charge is 2.40. The zero-order valence-corrected chi connectivity index (χ0v) is 29.9. The Morgan fingerprint density at radius 2 is 1.71 bits per heavy atom. The molecule has 2 aliphatic rings. The second-order valence-electron chi connectivity index (χ2n) is 12.5. The number of para-hydroxylation sites is 1. The number of nitrogens with one attached hydrogen (secondary N) is 1. The Morgan fingerprint density at radius 3 is 2.44 bits per heavy atom. The van der Waals surface area contributed by atoms with Gasteiger partial charge in [-0.25, -0.2) is 4.90 Å². The summed E-state index contributed by atoms with van der Waals surface area (Å²) < 4.78 is 25.1. The van der Waals surface area contributed by atoms with E-state index in [-0.39, 0.29) is 41.9 Å². The number of ether oxygens (including phenoxy) is 4. The van der Waals surface area contributed by atoms with Crippen molar-refractivity contribution in [1.29, 1.82) is 0 Å². The molecule has 3 amide bonds. The van der Waals surface area contributed by atoms with Crippen LogP contribution in [0.4, 0.5) is 11.4 Å². The number of rotatable bonds is 14. The van der Waals surface area contributed by atoms with E-state index in [1.165, 1.54) is 19.1 Å². The Labute approximate surface area is 305 Å². The van der Waals surface area contributed by atoms with Crippen LogP contribution >= 0.6 is 11.6 Å². The normalized spacial score (nSPS) is 18.4. The van der Waals surface area contributed by atoms with Gasteiger partial charge in [0.2, 0.25) is 12.2 Å². The number of imide groups is 1. The molecule has 52 heavy (non-hydrogen) atoms. The number of aliphatic hydroxyl groups is 1. The largest absolute Gasteiger partial charge is 0.459 e. The van der Waals surface area contributed by atoms with E-state index in [0.29, 0.717) is 54.8 Å². The van der Waals surface area contributed by atoms with Crippen molar-refractivity contribution >= 4 is 57.5 Å². The van der Waals surface area contributed by atoms with Crippen LogP contribution in [-0.2, 0) is 23.7 Å². The molecule has 3 atom stereocenters. The summed E-state index contributed by atoms with van der Waals surface area (Å²) in [6.07, 6.45) is 3.26. The van der Waals surface area contributed by atoms with Gasteiger partial charge in [0.25, 0.3) is 17.7 Å². The minimum Gasteiger partial charge on any atom is -0.459 e. The summed E-state index contributed by atoms with van der Waals surface area (Å²) in [6, 6.07) is 17.1. The number of amides is 3. The number of hydrogen-bond acceptors (Lipinski definition) is 9. The van der Waals surface area contributed by atoms with Crippen LogP contribution in [0.1, 0.15) is 62.8 Å². The Balaban J connectivity index is 1.28. The molecule has 272 valence electrons. The van der Waals surface area contributed by atoms with Crippen LogP contribution in [0.2, 0.25) is 5.02 Å². The third kappa shape index (κ3) is 7.52. The molecule has 0 bridgehead atoms. The van der Waals surface area contributed by atoms with E-state index in [2.05, 4.69) is 5.32 Å². The van der Waals surface area contributed by atoms with Gasteiger partial charge in [-0.2, -0.15) is 0 Å². The number of carbonyl (C=O) groups excluding carboxylic acids is 4. The molecule has 0 saturated heterocycles. The monoisotopic (exact) mass is 729 g/mol. The third-order valence-corrected chi connectivity index (χ3v) is 9.36. The average Bonchev–Trinajstić information content (AvgIpc) is 3.63. The number of aryl methyl sites for hydroxylation is 1. The van der Waals surface area contributed by atoms with Crippen LogP contribution in [0.15, 0.2) is 78.7 Å². The van der Waals surface area contributed by atoms with Gasteiger partial charge < -0.3 is 29.4 Å². The van der Waals surface area contributed by atoms with Crippen LogP contribution in [0.3, 0.4) is 0 Å². The van der Waals surface area contributed by atoms with Crippen molar-refractivity contribution < 1.29 is 43.2 Å². The quantitative estimate of drug-likeness (QED) is 0.116. The minimum absolute atomic E-state index is 0.0386. The Bertz CT molecular complexity index is 2040. The summed E-state index contributed by atoms with van der Waals surface area (Å²) in [6.45, 7) is 6.60. The number of anilines is 2. The highest BCUT2D eigenvalue weighted by atomic mass is 35.5. The fourth-order valence-electron chi connectivity index (χ4n) is 6.74. The van der Waals surface area contributed by atoms with Crippen LogP contribution in [0, 0.1) is 12.8 Å². The van der Waals surface area contributed by atoms with E-state index in [1.807, 2.05) is 37.4 Å². The first-order valence-electron chi connectivity index (χ1n) is 17.1. The lowest BCUT2D eigenvalue weighted by Gasteiger charge is -2.36. The number of aromatic nitrogens is 1. The number of aliphatic hydroxyl groups excluding tert-OH is 1.